The Labute approximate surface area is 92.2 Å². The minimum Gasteiger partial charge on any atom is -0.326 e. The molecule has 1 aromatic carbocycles. The van der Waals surface area contributed by atoms with E-state index in [0.29, 0.717) is 17.3 Å². The number of halogens is 2. The fourth-order valence-electron chi connectivity index (χ4n) is 1.58. The summed E-state index contributed by atoms with van der Waals surface area (Å²) in [6.07, 6.45) is 1.15. The average Bonchev–Trinajstić information content (AvgIpc) is 2.45. The minimum atomic E-state index is 0.0269. The molecule has 1 aliphatic rings. The smallest absolute Gasteiger partial charge is 0.228 e. The molecule has 0 aliphatic carbocycles. The molecule has 0 fully saturated rings. The lowest BCUT2D eigenvalue weighted by Crippen LogP contribution is -2.03. The lowest BCUT2D eigenvalue weighted by Gasteiger charge is -2.05. The first kappa shape index (κ1) is 9.81. The van der Waals surface area contributed by atoms with Gasteiger partial charge < -0.3 is 5.32 Å². The summed E-state index contributed by atoms with van der Waals surface area (Å²) in [7, 11) is 0. The van der Waals surface area contributed by atoms with Crippen LogP contribution in [-0.2, 0) is 17.6 Å². The molecule has 0 saturated carbocycles. The second-order valence-corrected chi connectivity index (χ2v) is 4.05. The summed E-state index contributed by atoms with van der Waals surface area (Å²) in [4.78, 5) is 11.1. The highest BCUT2D eigenvalue weighted by molar-refractivity contribution is 6.31. The van der Waals surface area contributed by atoms with Crippen LogP contribution in [0.15, 0.2) is 12.1 Å². The molecule has 14 heavy (non-hydrogen) atoms. The van der Waals surface area contributed by atoms with Crippen molar-refractivity contribution in [2.45, 2.75) is 12.8 Å². The fraction of sp³-hybridized carbons (Fsp3) is 0.300. The number of benzene rings is 1. The summed E-state index contributed by atoms with van der Waals surface area (Å²) in [5.74, 6) is 0.561. The third-order valence-electron chi connectivity index (χ3n) is 2.26. The molecule has 0 aromatic heterocycles. The first-order chi connectivity index (χ1) is 6.70. The number of carbonyl (C=O) groups is 1. The van der Waals surface area contributed by atoms with Crippen molar-refractivity contribution in [3.8, 4) is 0 Å². The summed E-state index contributed by atoms with van der Waals surface area (Å²) in [5.41, 5.74) is 2.83. The lowest BCUT2D eigenvalue weighted by molar-refractivity contribution is -0.115. The molecule has 0 radical (unpaired) electrons. The van der Waals surface area contributed by atoms with Gasteiger partial charge in [0, 0.05) is 16.6 Å². The van der Waals surface area contributed by atoms with E-state index in [1.54, 1.807) is 0 Å². The van der Waals surface area contributed by atoms with Crippen LogP contribution in [0.25, 0.3) is 0 Å². The fourth-order valence-corrected chi connectivity index (χ4v) is 2.07. The molecule has 0 saturated heterocycles. The summed E-state index contributed by atoms with van der Waals surface area (Å²) in [6, 6.07) is 3.75. The number of hydrogen-bond donors (Lipinski definition) is 1. The lowest BCUT2D eigenvalue weighted by atomic mass is 10.1. The van der Waals surface area contributed by atoms with Gasteiger partial charge in [-0.25, -0.2) is 0 Å². The average molecular weight is 230 g/mol. The highest BCUT2D eigenvalue weighted by Crippen LogP contribution is 2.29. The van der Waals surface area contributed by atoms with E-state index < -0.39 is 0 Å². The number of hydrogen-bond acceptors (Lipinski definition) is 1. The van der Waals surface area contributed by atoms with E-state index in [1.807, 2.05) is 12.1 Å². The van der Waals surface area contributed by atoms with Crippen LogP contribution in [0.2, 0.25) is 5.02 Å². The number of fused-ring (bicyclic) bond motifs is 1. The Morgan fingerprint density at radius 3 is 2.93 bits per heavy atom. The number of aryl methyl sites for hydroxylation is 1. The molecule has 2 nitrogen and oxygen atoms in total. The second kappa shape index (κ2) is 3.79. The molecule has 74 valence electrons. The van der Waals surface area contributed by atoms with E-state index in [4.69, 9.17) is 23.2 Å². The Morgan fingerprint density at radius 2 is 2.21 bits per heavy atom. The van der Waals surface area contributed by atoms with Crippen LogP contribution in [0.4, 0.5) is 5.69 Å². The van der Waals surface area contributed by atoms with Gasteiger partial charge in [-0.2, -0.15) is 0 Å². The van der Waals surface area contributed by atoms with Crippen molar-refractivity contribution in [1.82, 2.24) is 0 Å². The van der Waals surface area contributed by atoms with Crippen LogP contribution in [0.5, 0.6) is 0 Å². The second-order valence-electron chi connectivity index (χ2n) is 3.26. The first-order valence-corrected chi connectivity index (χ1v) is 5.29. The Kier molecular flexibility index (Phi) is 2.66. The quantitative estimate of drug-likeness (QED) is 0.777. The van der Waals surface area contributed by atoms with Gasteiger partial charge in [-0.3, -0.25) is 4.79 Å². The molecule has 0 atom stereocenters. The molecule has 0 bridgehead atoms. The number of alkyl halides is 1. The van der Waals surface area contributed by atoms with E-state index in [2.05, 4.69) is 5.32 Å². The maximum absolute atomic E-state index is 11.1. The Bertz CT molecular complexity index is 390. The van der Waals surface area contributed by atoms with E-state index in [0.717, 1.165) is 23.2 Å². The zero-order valence-corrected chi connectivity index (χ0v) is 8.95. The Morgan fingerprint density at radius 1 is 1.43 bits per heavy atom. The Hall–Kier alpha value is -0.730. The van der Waals surface area contributed by atoms with E-state index in [-0.39, 0.29) is 5.91 Å². The van der Waals surface area contributed by atoms with Crippen molar-refractivity contribution < 1.29 is 4.79 Å². The van der Waals surface area contributed by atoms with E-state index >= 15 is 0 Å². The first-order valence-electron chi connectivity index (χ1n) is 4.38. The number of amides is 1. The number of rotatable bonds is 2. The molecule has 0 unspecified atom stereocenters. The van der Waals surface area contributed by atoms with Crippen LogP contribution in [0.1, 0.15) is 11.1 Å². The van der Waals surface area contributed by atoms with Gasteiger partial charge in [-0.1, -0.05) is 11.6 Å². The van der Waals surface area contributed by atoms with Crippen LogP contribution in [-0.4, -0.2) is 11.8 Å². The molecule has 1 aromatic rings. The van der Waals surface area contributed by atoms with E-state index in [9.17, 15) is 4.79 Å². The van der Waals surface area contributed by atoms with Gasteiger partial charge in [0.25, 0.3) is 0 Å². The molecular formula is C10H9Cl2NO. The predicted molar refractivity (Wildman–Crippen MR) is 58.2 cm³/mol. The van der Waals surface area contributed by atoms with Crippen LogP contribution in [0, 0.1) is 0 Å². The van der Waals surface area contributed by atoms with Crippen molar-refractivity contribution in [3.63, 3.8) is 0 Å². The van der Waals surface area contributed by atoms with E-state index in [1.165, 1.54) is 0 Å². The Balaban J connectivity index is 2.39. The van der Waals surface area contributed by atoms with Gasteiger partial charge in [0.15, 0.2) is 0 Å². The van der Waals surface area contributed by atoms with Crippen molar-refractivity contribution in [2.75, 3.05) is 11.2 Å². The number of carbonyl (C=O) groups excluding carboxylic acids is 1. The predicted octanol–water partition coefficient (Wildman–Crippen LogP) is 2.62. The standard InChI is InChI=1S/C10H9Cl2NO/c11-2-1-6-4-9-7(3-8(6)12)5-10(14)13-9/h3-4H,1-2,5H2,(H,13,14). The maximum atomic E-state index is 11.1. The van der Waals surface area contributed by atoms with Gasteiger partial charge in [0.1, 0.15) is 0 Å². The molecule has 1 heterocycles. The number of nitrogens with one attached hydrogen (secondary N) is 1. The third-order valence-corrected chi connectivity index (χ3v) is 2.80. The molecule has 1 amide bonds. The van der Waals surface area contributed by atoms with Crippen LogP contribution in [0.3, 0.4) is 0 Å². The molecule has 2 rings (SSSR count). The van der Waals surface area contributed by atoms with Gasteiger partial charge >= 0.3 is 0 Å². The highest BCUT2D eigenvalue weighted by atomic mass is 35.5. The molecule has 0 spiro atoms. The maximum Gasteiger partial charge on any atom is 0.228 e. The van der Waals surface area contributed by atoms with Gasteiger partial charge in [0.2, 0.25) is 5.91 Å². The van der Waals surface area contributed by atoms with Gasteiger partial charge in [-0.15, -0.1) is 11.6 Å². The zero-order valence-electron chi connectivity index (χ0n) is 7.44. The summed E-state index contributed by atoms with van der Waals surface area (Å²) >= 11 is 11.7. The largest absolute Gasteiger partial charge is 0.326 e. The van der Waals surface area contributed by atoms with Gasteiger partial charge in [0.05, 0.1) is 6.42 Å². The van der Waals surface area contributed by atoms with Crippen molar-refractivity contribution >= 4 is 34.8 Å². The van der Waals surface area contributed by atoms with Crippen LogP contribution < -0.4 is 5.32 Å². The van der Waals surface area contributed by atoms with Crippen molar-refractivity contribution in [1.29, 1.82) is 0 Å². The van der Waals surface area contributed by atoms with Crippen molar-refractivity contribution in [3.05, 3.63) is 28.3 Å². The molecule has 1 aliphatic heterocycles. The molecular weight excluding hydrogens is 221 g/mol. The SMILES string of the molecule is O=C1Cc2cc(Cl)c(CCCl)cc2N1. The highest BCUT2D eigenvalue weighted by Gasteiger charge is 2.19. The third kappa shape index (κ3) is 1.72. The number of anilines is 1. The summed E-state index contributed by atoms with van der Waals surface area (Å²) < 4.78 is 0. The minimum absolute atomic E-state index is 0.0269. The van der Waals surface area contributed by atoms with Crippen molar-refractivity contribution in [2.24, 2.45) is 0 Å². The molecule has 1 N–H and O–H groups in total. The van der Waals surface area contributed by atoms with Gasteiger partial charge in [-0.05, 0) is 29.7 Å². The topological polar surface area (TPSA) is 29.1 Å². The summed E-state index contributed by atoms with van der Waals surface area (Å²) in [6.45, 7) is 0. The summed E-state index contributed by atoms with van der Waals surface area (Å²) in [5, 5.41) is 3.48. The zero-order chi connectivity index (χ0) is 10.1. The normalized spacial score (nSPS) is 14.0. The monoisotopic (exact) mass is 229 g/mol. The molecule has 4 heteroatoms. The van der Waals surface area contributed by atoms with Crippen LogP contribution >= 0.6 is 23.2 Å².